The van der Waals surface area contributed by atoms with E-state index in [1.807, 2.05) is 24.1 Å². The van der Waals surface area contributed by atoms with Gasteiger partial charge in [0.25, 0.3) is 0 Å². The van der Waals surface area contributed by atoms with E-state index in [2.05, 4.69) is 34.0 Å². The largest absolute Gasteiger partial charge is 0.340 e. The highest BCUT2D eigenvalue weighted by molar-refractivity contribution is 7.19. The summed E-state index contributed by atoms with van der Waals surface area (Å²) in [7, 11) is 2.05. The first-order valence-electron chi connectivity index (χ1n) is 10.5. The van der Waals surface area contributed by atoms with Crippen molar-refractivity contribution in [3.63, 3.8) is 0 Å². The summed E-state index contributed by atoms with van der Waals surface area (Å²) in [5.74, 6) is 0.734. The number of nitrogens with zero attached hydrogens (tertiary/aromatic N) is 4. The lowest BCUT2D eigenvalue weighted by molar-refractivity contribution is -0.126. The van der Waals surface area contributed by atoms with Crippen LogP contribution < -0.4 is 5.32 Å². The van der Waals surface area contributed by atoms with Crippen LogP contribution in [-0.4, -0.2) is 51.9 Å². The standard InChI is InChI=1S/C23H25Cl2N5OS/c1-14(2)29(3)9-4-5-20(31)30-10-8-19-16(12-30)21-22(26-13-27-23(21)32-19)28-15-6-7-17(24)18(25)11-15/h4-7,11,13-14H,8-10,12H2,1-3H3,(H,26,27,28)/b5-4+. The Labute approximate surface area is 201 Å². The molecule has 1 aliphatic rings. The molecule has 0 radical (unpaired) electrons. The Hall–Kier alpha value is -2.19. The van der Waals surface area contributed by atoms with Gasteiger partial charge in [0, 0.05) is 42.3 Å². The summed E-state index contributed by atoms with van der Waals surface area (Å²) < 4.78 is 0. The number of amides is 1. The second-order valence-electron chi connectivity index (χ2n) is 8.11. The number of anilines is 2. The molecule has 1 amide bonds. The summed E-state index contributed by atoms with van der Waals surface area (Å²) in [5, 5.41) is 5.27. The molecule has 1 aromatic carbocycles. The van der Waals surface area contributed by atoms with Crippen molar-refractivity contribution in [2.75, 3.05) is 25.5 Å². The Morgan fingerprint density at radius 3 is 2.88 bits per heavy atom. The van der Waals surface area contributed by atoms with Crippen molar-refractivity contribution in [1.82, 2.24) is 19.8 Å². The van der Waals surface area contributed by atoms with Crippen molar-refractivity contribution < 1.29 is 4.79 Å². The molecular weight excluding hydrogens is 465 g/mol. The Balaban J connectivity index is 1.57. The molecule has 0 bridgehead atoms. The maximum absolute atomic E-state index is 12.8. The molecule has 32 heavy (non-hydrogen) atoms. The second-order valence-corrected chi connectivity index (χ2v) is 10.0. The number of fused-ring (bicyclic) bond motifs is 3. The van der Waals surface area contributed by atoms with Gasteiger partial charge in [0.1, 0.15) is 17.0 Å². The monoisotopic (exact) mass is 489 g/mol. The topological polar surface area (TPSA) is 61.4 Å². The van der Waals surface area contributed by atoms with E-state index >= 15 is 0 Å². The summed E-state index contributed by atoms with van der Waals surface area (Å²) in [6.07, 6.45) is 5.99. The molecule has 168 valence electrons. The summed E-state index contributed by atoms with van der Waals surface area (Å²) in [5.41, 5.74) is 1.90. The number of likely N-dealkylation sites (N-methyl/N-ethyl adjacent to an activating group) is 1. The fraction of sp³-hybridized carbons (Fsp3) is 0.348. The van der Waals surface area contributed by atoms with E-state index in [-0.39, 0.29) is 5.91 Å². The molecule has 9 heteroatoms. The molecule has 2 aromatic heterocycles. The number of carbonyl (C=O) groups is 1. The maximum Gasteiger partial charge on any atom is 0.246 e. The third kappa shape index (κ3) is 4.91. The van der Waals surface area contributed by atoms with Crippen LogP contribution in [0.4, 0.5) is 11.5 Å². The van der Waals surface area contributed by atoms with E-state index in [1.54, 1.807) is 35.9 Å². The van der Waals surface area contributed by atoms with Gasteiger partial charge in [0.05, 0.1) is 15.4 Å². The molecule has 1 aliphatic heterocycles. The predicted molar refractivity (Wildman–Crippen MR) is 133 cm³/mol. The highest BCUT2D eigenvalue weighted by atomic mass is 35.5. The van der Waals surface area contributed by atoms with Crippen molar-refractivity contribution in [2.45, 2.75) is 32.9 Å². The van der Waals surface area contributed by atoms with Crippen LogP contribution in [-0.2, 0) is 17.8 Å². The van der Waals surface area contributed by atoms with Gasteiger partial charge in [-0.05, 0) is 51.1 Å². The van der Waals surface area contributed by atoms with Gasteiger partial charge in [-0.2, -0.15) is 0 Å². The lowest BCUT2D eigenvalue weighted by atomic mass is 10.1. The van der Waals surface area contributed by atoms with Crippen LogP contribution in [0.3, 0.4) is 0 Å². The van der Waals surface area contributed by atoms with Gasteiger partial charge in [-0.3, -0.25) is 4.79 Å². The minimum absolute atomic E-state index is 0.0306. The van der Waals surface area contributed by atoms with Crippen molar-refractivity contribution in [2.24, 2.45) is 0 Å². The smallest absolute Gasteiger partial charge is 0.246 e. The van der Waals surface area contributed by atoms with E-state index in [4.69, 9.17) is 23.2 Å². The first-order valence-corrected chi connectivity index (χ1v) is 12.0. The number of thiophene rings is 1. The zero-order chi connectivity index (χ0) is 22.8. The summed E-state index contributed by atoms with van der Waals surface area (Å²) in [6.45, 7) is 6.26. The van der Waals surface area contributed by atoms with Crippen molar-refractivity contribution in [3.05, 3.63) is 57.2 Å². The molecule has 3 heterocycles. The number of aromatic nitrogens is 2. The van der Waals surface area contributed by atoms with Crippen molar-refractivity contribution in [3.8, 4) is 0 Å². The number of halogens is 2. The van der Waals surface area contributed by atoms with E-state index in [0.717, 1.165) is 34.4 Å². The minimum atomic E-state index is 0.0306. The van der Waals surface area contributed by atoms with Crippen molar-refractivity contribution in [1.29, 1.82) is 0 Å². The third-order valence-corrected chi connectivity index (χ3v) is 7.60. The molecular formula is C23H25Cl2N5OS. The number of benzene rings is 1. The van der Waals surface area contributed by atoms with Crippen LogP contribution in [0, 0.1) is 0 Å². The van der Waals surface area contributed by atoms with Crippen LogP contribution in [0.15, 0.2) is 36.7 Å². The first-order chi connectivity index (χ1) is 15.3. The quantitative estimate of drug-likeness (QED) is 0.461. The van der Waals surface area contributed by atoms with Gasteiger partial charge in [-0.1, -0.05) is 29.3 Å². The summed E-state index contributed by atoms with van der Waals surface area (Å²) >= 11 is 13.9. The molecule has 0 unspecified atom stereocenters. The van der Waals surface area contributed by atoms with E-state index in [0.29, 0.717) is 35.0 Å². The van der Waals surface area contributed by atoms with Crippen LogP contribution >= 0.6 is 34.5 Å². The zero-order valence-electron chi connectivity index (χ0n) is 18.2. The average molecular weight is 490 g/mol. The van der Waals surface area contributed by atoms with Gasteiger partial charge in [-0.25, -0.2) is 9.97 Å². The van der Waals surface area contributed by atoms with Gasteiger partial charge >= 0.3 is 0 Å². The van der Waals surface area contributed by atoms with Crippen LogP contribution in [0.25, 0.3) is 10.2 Å². The van der Waals surface area contributed by atoms with E-state index < -0.39 is 0 Å². The fourth-order valence-corrected chi connectivity index (χ4v) is 4.98. The number of hydrogen-bond donors (Lipinski definition) is 1. The zero-order valence-corrected chi connectivity index (χ0v) is 20.6. The van der Waals surface area contributed by atoms with Gasteiger partial charge < -0.3 is 15.1 Å². The Morgan fingerprint density at radius 1 is 1.31 bits per heavy atom. The molecule has 0 aliphatic carbocycles. The predicted octanol–water partition coefficient (Wildman–Crippen LogP) is 5.52. The molecule has 1 N–H and O–H groups in total. The third-order valence-electron chi connectivity index (χ3n) is 5.66. The van der Waals surface area contributed by atoms with E-state index in [1.165, 1.54) is 4.88 Å². The molecule has 4 rings (SSSR count). The van der Waals surface area contributed by atoms with Crippen LogP contribution in [0.5, 0.6) is 0 Å². The first kappa shape index (κ1) is 23.0. The van der Waals surface area contributed by atoms with Gasteiger partial charge in [0.2, 0.25) is 5.91 Å². The normalized spacial score (nSPS) is 14.0. The maximum atomic E-state index is 12.8. The Bertz CT molecular complexity index is 1180. The van der Waals surface area contributed by atoms with Crippen LogP contribution in [0.2, 0.25) is 10.0 Å². The molecule has 0 fully saturated rings. The average Bonchev–Trinajstić information content (AvgIpc) is 3.14. The summed E-state index contributed by atoms with van der Waals surface area (Å²) in [6, 6.07) is 5.81. The molecule has 0 saturated heterocycles. The molecule has 0 saturated carbocycles. The highest BCUT2D eigenvalue weighted by Crippen LogP contribution is 2.38. The van der Waals surface area contributed by atoms with Gasteiger partial charge in [-0.15, -0.1) is 11.3 Å². The highest BCUT2D eigenvalue weighted by Gasteiger charge is 2.25. The molecule has 0 atom stereocenters. The number of rotatable bonds is 6. The van der Waals surface area contributed by atoms with E-state index in [9.17, 15) is 4.79 Å². The molecule has 6 nitrogen and oxygen atoms in total. The number of hydrogen-bond acceptors (Lipinski definition) is 6. The van der Waals surface area contributed by atoms with Crippen molar-refractivity contribution >= 4 is 62.2 Å². The SMILES string of the molecule is CC(C)N(C)C/C=C/C(=O)N1CCc2sc3ncnc(Nc4ccc(Cl)c(Cl)c4)c3c2C1. The molecule has 0 spiro atoms. The lowest BCUT2D eigenvalue weighted by Gasteiger charge is -2.26. The van der Waals surface area contributed by atoms with Gasteiger partial charge in [0.15, 0.2) is 0 Å². The number of carbonyl (C=O) groups excluding carboxylic acids is 1. The minimum Gasteiger partial charge on any atom is -0.340 e. The Kier molecular flexibility index (Phi) is 7.00. The lowest BCUT2D eigenvalue weighted by Crippen LogP contribution is -2.34. The second kappa shape index (κ2) is 9.75. The fourth-order valence-electron chi connectivity index (χ4n) is 3.54. The molecule has 3 aromatic rings. The summed E-state index contributed by atoms with van der Waals surface area (Å²) in [4.78, 5) is 28.0. The Morgan fingerprint density at radius 2 is 2.12 bits per heavy atom. The van der Waals surface area contributed by atoms with Crippen LogP contribution in [0.1, 0.15) is 24.3 Å². The number of nitrogens with one attached hydrogen (secondary N) is 1.